The van der Waals surface area contributed by atoms with Crippen LogP contribution in [0.3, 0.4) is 0 Å². The second-order valence-electron chi connectivity index (χ2n) is 16.1. The topological polar surface area (TPSA) is 52.9 Å². The van der Waals surface area contributed by atoms with Crippen molar-refractivity contribution in [3.63, 3.8) is 0 Å². The molecule has 0 N–H and O–H groups in total. The second-order valence-corrected chi connectivity index (χ2v) is 16.1. The van der Waals surface area contributed by atoms with Gasteiger partial charge >= 0.3 is 0 Å². The third-order valence-electron chi connectivity index (χ3n) is 10.5. The van der Waals surface area contributed by atoms with Crippen molar-refractivity contribution in [1.29, 1.82) is 0 Å². The molecule has 0 atom stereocenters. The Balaban J connectivity index is 1.38. The van der Waals surface area contributed by atoms with Crippen molar-refractivity contribution in [2.75, 3.05) is 0 Å². The molecule has 0 aliphatic rings. The molecule has 3 heterocycles. The third-order valence-corrected chi connectivity index (χ3v) is 10.5. The largest absolute Gasteiger partial charge is 0.309 e. The molecule has 6 aromatic carbocycles. The van der Waals surface area contributed by atoms with Crippen molar-refractivity contribution in [1.82, 2.24) is 24.1 Å². The van der Waals surface area contributed by atoms with Crippen LogP contribution in [0.25, 0.3) is 82.9 Å². The minimum absolute atomic E-state index is 0.0192. The van der Waals surface area contributed by atoms with Crippen molar-refractivity contribution >= 4 is 49.3 Å². The molecule has 6 heteroatoms. The van der Waals surface area contributed by atoms with Gasteiger partial charge in [-0.25, -0.2) is 9.83 Å². The van der Waals surface area contributed by atoms with Gasteiger partial charge in [-0.2, -0.15) is 9.97 Å². The minimum Gasteiger partial charge on any atom is -0.309 e. The van der Waals surface area contributed by atoms with Crippen LogP contribution < -0.4 is 0 Å². The first-order chi connectivity index (χ1) is 26.0. The molecule has 6 nitrogen and oxygen atoms in total. The van der Waals surface area contributed by atoms with Gasteiger partial charge in [-0.05, 0) is 70.5 Å². The van der Waals surface area contributed by atoms with Crippen LogP contribution in [0.4, 0.5) is 5.69 Å². The zero-order valence-corrected chi connectivity index (χ0v) is 31.4. The molecule has 0 fully saturated rings. The first-order valence-corrected chi connectivity index (χ1v) is 18.4. The standard InChI is InChI=1S/C48H40N6/c1-47(2,3)31-21-24-41-36(27-31)37-28-32(48(4,5)6)22-25-42(37)53(41)43-26-23-33(49-7)29-38(43)45-50-44(30-15-9-8-10-16-30)51-46(52-45)54-39-19-13-11-17-34(39)35-18-12-14-20-40(35)54/h8-29H,1-6H3. The summed E-state index contributed by atoms with van der Waals surface area (Å²) in [4.78, 5) is 19.5. The molecule has 0 unspecified atom stereocenters. The Kier molecular flexibility index (Phi) is 7.55. The predicted molar refractivity (Wildman–Crippen MR) is 223 cm³/mol. The van der Waals surface area contributed by atoms with Gasteiger partial charge in [0.1, 0.15) is 0 Å². The third kappa shape index (κ3) is 5.43. The first-order valence-electron chi connectivity index (χ1n) is 18.4. The monoisotopic (exact) mass is 700 g/mol. The summed E-state index contributed by atoms with van der Waals surface area (Å²) in [5, 5.41) is 4.63. The molecule has 0 spiro atoms. The lowest BCUT2D eigenvalue weighted by Gasteiger charge is -2.19. The second kappa shape index (κ2) is 12.2. The van der Waals surface area contributed by atoms with Crippen molar-refractivity contribution < 1.29 is 0 Å². The zero-order chi connectivity index (χ0) is 37.4. The van der Waals surface area contributed by atoms with Crippen molar-refractivity contribution in [3.8, 4) is 34.4 Å². The summed E-state index contributed by atoms with van der Waals surface area (Å²) in [6, 6.07) is 46.3. The lowest BCUT2D eigenvalue weighted by Crippen LogP contribution is -2.10. The van der Waals surface area contributed by atoms with Gasteiger partial charge in [-0.1, -0.05) is 126 Å². The molecule has 0 bridgehead atoms. The first kappa shape index (κ1) is 33.3. The lowest BCUT2D eigenvalue weighted by molar-refractivity contribution is 0.590. The van der Waals surface area contributed by atoms with Crippen LogP contribution in [-0.2, 0) is 10.8 Å². The van der Waals surface area contributed by atoms with Gasteiger partial charge in [0, 0.05) is 32.7 Å². The Morgan fingerprint density at radius 1 is 0.481 bits per heavy atom. The maximum atomic E-state index is 8.05. The van der Waals surface area contributed by atoms with Crippen molar-refractivity contribution in [2.45, 2.75) is 52.4 Å². The number of rotatable bonds is 4. The van der Waals surface area contributed by atoms with E-state index < -0.39 is 0 Å². The number of aromatic nitrogens is 5. The fourth-order valence-electron chi connectivity index (χ4n) is 7.62. The minimum atomic E-state index is -0.0192. The van der Waals surface area contributed by atoms with Gasteiger partial charge in [0.15, 0.2) is 17.3 Å². The molecule has 54 heavy (non-hydrogen) atoms. The summed E-state index contributed by atoms with van der Waals surface area (Å²) in [6.45, 7) is 21.6. The number of nitrogens with zero attached hydrogens (tertiary/aromatic N) is 6. The van der Waals surface area contributed by atoms with Gasteiger partial charge in [0.2, 0.25) is 5.95 Å². The summed E-state index contributed by atoms with van der Waals surface area (Å²) in [7, 11) is 0. The summed E-state index contributed by atoms with van der Waals surface area (Å²) in [5.41, 5.74) is 9.75. The van der Waals surface area contributed by atoms with Crippen molar-refractivity contribution in [3.05, 3.63) is 156 Å². The van der Waals surface area contributed by atoms with Gasteiger partial charge < -0.3 is 4.57 Å². The van der Waals surface area contributed by atoms with E-state index in [1.165, 1.54) is 21.9 Å². The Morgan fingerprint density at radius 2 is 1.00 bits per heavy atom. The Bertz CT molecular complexity index is 2840. The predicted octanol–water partition coefficient (Wildman–Crippen LogP) is 12.5. The summed E-state index contributed by atoms with van der Waals surface area (Å²) < 4.78 is 4.45. The highest BCUT2D eigenvalue weighted by molar-refractivity contribution is 6.11. The Hall–Kier alpha value is -6.58. The summed E-state index contributed by atoms with van der Waals surface area (Å²) in [6.07, 6.45) is 0. The van der Waals surface area contributed by atoms with E-state index >= 15 is 0 Å². The summed E-state index contributed by atoms with van der Waals surface area (Å²) >= 11 is 0. The molecule has 0 saturated heterocycles. The summed E-state index contributed by atoms with van der Waals surface area (Å²) in [5.74, 6) is 1.57. The van der Waals surface area contributed by atoms with Crippen LogP contribution in [0, 0.1) is 6.57 Å². The van der Waals surface area contributed by atoms with E-state index in [1.54, 1.807) is 0 Å². The average Bonchev–Trinajstić information content (AvgIpc) is 3.69. The number of hydrogen-bond acceptors (Lipinski definition) is 3. The number of hydrogen-bond donors (Lipinski definition) is 0. The molecule has 0 radical (unpaired) electrons. The number of benzene rings is 6. The van der Waals surface area contributed by atoms with E-state index in [2.05, 4.69) is 128 Å². The number of para-hydroxylation sites is 2. The molecule has 262 valence electrons. The molecular formula is C48H40N6. The highest BCUT2D eigenvalue weighted by Gasteiger charge is 2.24. The zero-order valence-electron chi connectivity index (χ0n) is 31.4. The van der Waals surface area contributed by atoms with Crippen LogP contribution in [-0.4, -0.2) is 24.1 Å². The molecule has 9 aromatic rings. The SMILES string of the molecule is [C-]#[N+]c1ccc(-n2c3ccc(C(C)(C)C)cc3c3cc(C(C)(C)C)ccc32)c(-c2nc(-c3ccccc3)nc(-n3c4ccccc4c4ccccc43)n2)c1. The molecule has 0 aliphatic heterocycles. The molecular weight excluding hydrogens is 661 g/mol. The number of fused-ring (bicyclic) bond motifs is 6. The lowest BCUT2D eigenvalue weighted by atomic mass is 9.85. The van der Waals surface area contributed by atoms with Crippen LogP contribution >= 0.6 is 0 Å². The molecule has 0 aliphatic carbocycles. The maximum absolute atomic E-state index is 8.05. The highest BCUT2D eigenvalue weighted by Crippen LogP contribution is 2.41. The van der Waals surface area contributed by atoms with Crippen LogP contribution in [0.5, 0.6) is 0 Å². The Morgan fingerprint density at radius 3 is 1.56 bits per heavy atom. The van der Waals surface area contributed by atoms with E-state index in [1.807, 2.05) is 60.7 Å². The average molecular weight is 701 g/mol. The fraction of sp³-hybridized carbons (Fsp3) is 0.167. The van der Waals surface area contributed by atoms with E-state index in [-0.39, 0.29) is 10.8 Å². The maximum Gasteiger partial charge on any atom is 0.238 e. The van der Waals surface area contributed by atoms with E-state index in [4.69, 9.17) is 21.5 Å². The van der Waals surface area contributed by atoms with E-state index in [0.29, 0.717) is 23.3 Å². The van der Waals surface area contributed by atoms with Gasteiger partial charge in [-0.15, -0.1) is 0 Å². The molecule has 0 saturated carbocycles. The van der Waals surface area contributed by atoms with E-state index in [9.17, 15) is 0 Å². The van der Waals surface area contributed by atoms with Crippen molar-refractivity contribution in [2.24, 2.45) is 0 Å². The quantitative estimate of drug-likeness (QED) is 0.172. The molecule has 9 rings (SSSR count). The fourth-order valence-corrected chi connectivity index (χ4v) is 7.62. The van der Waals surface area contributed by atoms with Gasteiger partial charge in [0.05, 0.1) is 34.3 Å². The van der Waals surface area contributed by atoms with E-state index in [0.717, 1.165) is 49.7 Å². The van der Waals surface area contributed by atoms with Crippen LogP contribution in [0.1, 0.15) is 52.7 Å². The highest BCUT2D eigenvalue weighted by atomic mass is 15.2. The van der Waals surface area contributed by atoms with Crippen LogP contribution in [0.2, 0.25) is 0 Å². The Labute approximate surface area is 315 Å². The van der Waals surface area contributed by atoms with Gasteiger partial charge in [-0.3, -0.25) is 4.57 Å². The normalized spacial score (nSPS) is 12.2. The van der Waals surface area contributed by atoms with Gasteiger partial charge in [0.25, 0.3) is 0 Å². The van der Waals surface area contributed by atoms with Crippen LogP contribution in [0.15, 0.2) is 133 Å². The molecule has 3 aromatic heterocycles. The smallest absolute Gasteiger partial charge is 0.238 e. The molecule has 0 amide bonds.